The Balaban J connectivity index is 2.00. The molecule has 0 radical (unpaired) electrons. The topological polar surface area (TPSA) is 48.0 Å². The maximum Gasteiger partial charge on any atom is 0.253 e. The van der Waals surface area contributed by atoms with E-state index in [0.717, 1.165) is 5.75 Å². The molecule has 2 aromatic rings. The second-order valence-electron chi connectivity index (χ2n) is 5.58. The number of hydrogen-bond acceptors (Lipinski definition) is 4. The zero-order chi connectivity index (χ0) is 18.8. The molecule has 2 rings (SSSR count). The summed E-state index contributed by atoms with van der Waals surface area (Å²) in [5.41, 5.74) is 0.602. The largest absolute Gasteiger partial charge is 0.490 e. The molecule has 0 aliphatic rings. The quantitative estimate of drug-likeness (QED) is 0.603. The maximum absolute atomic E-state index is 12.5. The van der Waals surface area contributed by atoms with Crippen molar-refractivity contribution in [2.24, 2.45) is 0 Å². The molecule has 140 valence electrons. The standard InChI is InChI=1S/C21H27NO4/c1-4-22(5-2)21(23)17-12-13-19(20(16-17)24-6-3)26-15-14-25-18-10-8-7-9-11-18/h7-13,16H,4-6,14-15H2,1-3H3. The molecule has 0 N–H and O–H groups in total. The minimum Gasteiger partial charge on any atom is -0.490 e. The van der Waals surface area contributed by atoms with E-state index in [1.165, 1.54) is 0 Å². The second kappa shape index (κ2) is 10.3. The zero-order valence-corrected chi connectivity index (χ0v) is 15.7. The average Bonchev–Trinajstić information content (AvgIpc) is 2.68. The van der Waals surface area contributed by atoms with Crippen molar-refractivity contribution in [3.63, 3.8) is 0 Å². The number of amides is 1. The Morgan fingerprint density at radius 1 is 0.846 bits per heavy atom. The molecule has 26 heavy (non-hydrogen) atoms. The Bertz CT molecular complexity index is 684. The lowest BCUT2D eigenvalue weighted by molar-refractivity contribution is 0.0772. The van der Waals surface area contributed by atoms with Gasteiger partial charge < -0.3 is 19.1 Å². The predicted molar refractivity (Wildman–Crippen MR) is 102 cm³/mol. The van der Waals surface area contributed by atoms with Gasteiger partial charge in [-0.25, -0.2) is 0 Å². The summed E-state index contributed by atoms with van der Waals surface area (Å²) in [7, 11) is 0. The van der Waals surface area contributed by atoms with Crippen molar-refractivity contribution in [3.05, 3.63) is 54.1 Å². The Kier molecular flexibility index (Phi) is 7.80. The molecule has 5 heteroatoms. The summed E-state index contributed by atoms with van der Waals surface area (Å²) in [5, 5.41) is 0. The van der Waals surface area contributed by atoms with Gasteiger partial charge >= 0.3 is 0 Å². The van der Waals surface area contributed by atoms with E-state index in [0.29, 0.717) is 50.0 Å². The Labute approximate surface area is 155 Å². The number of ether oxygens (including phenoxy) is 3. The molecule has 0 fully saturated rings. The highest BCUT2D eigenvalue weighted by Crippen LogP contribution is 2.29. The maximum atomic E-state index is 12.5. The van der Waals surface area contributed by atoms with Crippen LogP contribution < -0.4 is 14.2 Å². The predicted octanol–water partition coefficient (Wildman–Crippen LogP) is 4.03. The Morgan fingerprint density at radius 3 is 2.19 bits per heavy atom. The smallest absolute Gasteiger partial charge is 0.253 e. The van der Waals surface area contributed by atoms with E-state index in [2.05, 4.69) is 0 Å². The van der Waals surface area contributed by atoms with E-state index in [9.17, 15) is 4.79 Å². The number of para-hydroxylation sites is 1. The van der Waals surface area contributed by atoms with Crippen LogP contribution in [-0.2, 0) is 0 Å². The first-order valence-electron chi connectivity index (χ1n) is 9.06. The van der Waals surface area contributed by atoms with Gasteiger partial charge in [-0.1, -0.05) is 18.2 Å². The fraction of sp³-hybridized carbons (Fsp3) is 0.381. The van der Waals surface area contributed by atoms with Crippen LogP contribution in [0.15, 0.2) is 48.5 Å². The highest BCUT2D eigenvalue weighted by Gasteiger charge is 2.15. The monoisotopic (exact) mass is 357 g/mol. The summed E-state index contributed by atoms with van der Waals surface area (Å²) < 4.78 is 17.1. The molecule has 0 aromatic heterocycles. The molecule has 1 amide bonds. The highest BCUT2D eigenvalue weighted by molar-refractivity contribution is 5.94. The number of nitrogens with zero attached hydrogens (tertiary/aromatic N) is 1. The van der Waals surface area contributed by atoms with Crippen LogP contribution in [0.2, 0.25) is 0 Å². The molecule has 0 spiro atoms. The Morgan fingerprint density at radius 2 is 1.54 bits per heavy atom. The van der Waals surface area contributed by atoms with Crippen molar-refractivity contribution in [2.75, 3.05) is 32.9 Å². The zero-order valence-electron chi connectivity index (χ0n) is 15.7. The van der Waals surface area contributed by atoms with Gasteiger partial charge in [0.25, 0.3) is 5.91 Å². The second-order valence-corrected chi connectivity index (χ2v) is 5.58. The van der Waals surface area contributed by atoms with Gasteiger partial charge in [0.2, 0.25) is 0 Å². The van der Waals surface area contributed by atoms with Gasteiger partial charge in [0.1, 0.15) is 19.0 Å². The molecule has 0 bridgehead atoms. The van der Waals surface area contributed by atoms with E-state index in [4.69, 9.17) is 14.2 Å². The van der Waals surface area contributed by atoms with Crippen LogP contribution in [-0.4, -0.2) is 43.7 Å². The van der Waals surface area contributed by atoms with Gasteiger partial charge in [-0.05, 0) is 51.1 Å². The number of carbonyl (C=O) groups excluding carboxylic acids is 1. The molecular weight excluding hydrogens is 330 g/mol. The van der Waals surface area contributed by atoms with Crippen LogP contribution in [0.25, 0.3) is 0 Å². The first-order valence-corrected chi connectivity index (χ1v) is 9.06. The van der Waals surface area contributed by atoms with Crippen LogP contribution >= 0.6 is 0 Å². The first-order chi connectivity index (χ1) is 12.7. The van der Waals surface area contributed by atoms with Crippen LogP contribution in [0.1, 0.15) is 31.1 Å². The average molecular weight is 357 g/mol. The van der Waals surface area contributed by atoms with Gasteiger partial charge in [-0.2, -0.15) is 0 Å². The number of rotatable bonds is 10. The van der Waals surface area contributed by atoms with Gasteiger partial charge in [-0.3, -0.25) is 4.79 Å². The summed E-state index contributed by atoms with van der Waals surface area (Å²) in [6.45, 7) is 8.50. The fourth-order valence-corrected chi connectivity index (χ4v) is 2.55. The lowest BCUT2D eigenvalue weighted by Crippen LogP contribution is -2.30. The van der Waals surface area contributed by atoms with Gasteiger partial charge in [0, 0.05) is 18.7 Å². The normalized spacial score (nSPS) is 10.3. The van der Waals surface area contributed by atoms with Crippen LogP contribution in [0.3, 0.4) is 0 Å². The van der Waals surface area contributed by atoms with Crippen molar-refractivity contribution in [3.8, 4) is 17.2 Å². The van der Waals surface area contributed by atoms with Crippen molar-refractivity contribution < 1.29 is 19.0 Å². The first kappa shape index (κ1) is 19.6. The van der Waals surface area contributed by atoms with Crippen molar-refractivity contribution >= 4 is 5.91 Å². The molecule has 0 atom stereocenters. The molecule has 2 aromatic carbocycles. The van der Waals surface area contributed by atoms with Gasteiger partial charge in [0.15, 0.2) is 11.5 Å². The lowest BCUT2D eigenvalue weighted by Gasteiger charge is -2.20. The minimum atomic E-state index is -0.00471. The third-order valence-electron chi connectivity index (χ3n) is 3.89. The van der Waals surface area contributed by atoms with Crippen LogP contribution in [0, 0.1) is 0 Å². The molecule has 0 saturated heterocycles. The number of hydrogen-bond donors (Lipinski definition) is 0. The highest BCUT2D eigenvalue weighted by atomic mass is 16.5. The van der Waals surface area contributed by atoms with Crippen molar-refractivity contribution in [2.45, 2.75) is 20.8 Å². The SMILES string of the molecule is CCOc1cc(C(=O)N(CC)CC)ccc1OCCOc1ccccc1. The molecule has 0 aliphatic carbocycles. The van der Waals surface area contributed by atoms with Crippen molar-refractivity contribution in [1.82, 2.24) is 4.90 Å². The molecule has 0 saturated carbocycles. The van der Waals surface area contributed by atoms with E-state index < -0.39 is 0 Å². The molecule has 5 nitrogen and oxygen atoms in total. The van der Waals surface area contributed by atoms with E-state index in [1.807, 2.05) is 51.1 Å². The van der Waals surface area contributed by atoms with E-state index in [-0.39, 0.29) is 5.91 Å². The minimum absolute atomic E-state index is 0.00471. The molecule has 0 aliphatic heterocycles. The van der Waals surface area contributed by atoms with Crippen molar-refractivity contribution in [1.29, 1.82) is 0 Å². The number of benzene rings is 2. The molecule has 0 unspecified atom stereocenters. The third-order valence-corrected chi connectivity index (χ3v) is 3.89. The number of carbonyl (C=O) groups is 1. The molecular formula is C21H27NO4. The van der Waals surface area contributed by atoms with Gasteiger partial charge in [0.05, 0.1) is 6.61 Å². The lowest BCUT2D eigenvalue weighted by atomic mass is 10.1. The summed E-state index contributed by atoms with van der Waals surface area (Å²) in [4.78, 5) is 14.3. The van der Waals surface area contributed by atoms with Gasteiger partial charge in [-0.15, -0.1) is 0 Å². The summed E-state index contributed by atoms with van der Waals surface area (Å²) in [6, 6.07) is 14.9. The molecule has 0 heterocycles. The summed E-state index contributed by atoms with van der Waals surface area (Å²) >= 11 is 0. The third kappa shape index (κ3) is 5.41. The van der Waals surface area contributed by atoms with E-state index in [1.54, 1.807) is 23.1 Å². The summed E-state index contributed by atoms with van der Waals surface area (Å²) in [5.74, 6) is 1.99. The Hall–Kier alpha value is -2.69. The van der Waals surface area contributed by atoms with Crippen LogP contribution in [0.5, 0.6) is 17.2 Å². The fourth-order valence-electron chi connectivity index (χ4n) is 2.55. The van der Waals surface area contributed by atoms with Crippen LogP contribution in [0.4, 0.5) is 0 Å². The summed E-state index contributed by atoms with van der Waals surface area (Å²) in [6.07, 6.45) is 0. The van der Waals surface area contributed by atoms with E-state index >= 15 is 0 Å².